The molecule has 8 aliphatic rings. The lowest BCUT2D eigenvalue weighted by molar-refractivity contribution is -0.0510. The summed E-state index contributed by atoms with van der Waals surface area (Å²) in [4.78, 5) is 30.2. The number of halogens is 1. The molecule has 5 aromatic rings. The van der Waals surface area contributed by atoms with Gasteiger partial charge in [-0.25, -0.2) is 24.1 Å². The van der Waals surface area contributed by atoms with Crippen LogP contribution in [0.2, 0.25) is 5.02 Å². The molecule has 11 N–H and O–H groups in total. The fraction of sp³-hybridized carbons (Fsp3) is 0.565. The van der Waals surface area contributed by atoms with E-state index < -0.39 is 6.09 Å². The first-order valence-corrected chi connectivity index (χ1v) is 24.0. The van der Waals surface area contributed by atoms with Crippen LogP contribution in [0.5, 0.6) is 0 Å². The van der Waals surface area contributed by atoms with Crippen LogP contribution in [0.15, 0.2) is 66.7 Å². The molecule has 5 aromatic heterocycles. The van der Waals surface area contributed by atoms with Gasteiger partial charge < -0.3 is 47.3 Å². The average Bonchev–Trinajstić information content (AvgIpc) is 4.10. The summed E-state index contributed by atoms with van der Waals surface area (Å²) in [6, 6.07) is 3.58. The van der Waals surface area contributed by atoms with Crippen molar-refractivity contribution in [1.29, 1.82) is 0 Å². The van der Waals surface area contributed by atoms with Crippen LogP contribution in [0.4, 0.5) is 27.0 Å². The molecule has 0 spiro atoms. The summed E-state index contributed by atoms with van der Waals surface area (Å²) < 4.78 is 14.9. The van der Waals surface area contributed by atoms with Crippen molar-refractivity contribution in [2.24, 2.45) is 34.2 Å². The zero-order chi connectivity index (χ0) is 48.3. The van der Waals surface area contributed by atoms with Gasteiger partial charge >= 0.3 is 12.2 Å². The monoisotopic (exact) mass is 959 g/mol. The molecule has 368 valence electrons. The van der Waals surface area contributed by atoms with Crippen molar-refractivity contribution in [2.75, 3.05) is 17.2 Å². The van der Waals surface area contributed by atoms with Crippen LogP contribution in [0, 0.1) is 17.8 Å². The number of carbonyl (C=O) groups is 2. The summed E-state index contributed by atoms with van der Waals surface area (Å²) in [5, 5.41) is 42.3. The number of aliphatic imine (C=N–C) groups is 1. The number of hydrogen-bond donors (Lipinski definition) is 9. The van der Waals surface area contributed by atoms with Crippen LogP contribution in [-0.4, -0.2) is 91.8 Å². The number of hydrogen-bond acceptors (Lipinski definition) is 12. The number of H-pyrrole nitrogens is 2. The summed E-state index contributed by atoms with van der Waals surface area (Å²) in [6.45, 7) is 10.2. The number of nitrogens with two attached hydrogens (primary N) is 2. The fourth-order valence-electron chi connectivity index (χ4n) is 9.12. The summed E-state index contributed by atoms with van der Waals surface area (Å²) in [5.74, 6) is 4.98. The molecule has 7 aliphatic carbocycles. The topological polar surface area (TPSA) is 291 Å². The SMILES string of the molecule is C1CCCC1.CC(C)Cn1cc(C(C)C)cn1.Clc1cnn2ccnc(Nc3ccn[nH]3)c12.N/C=C\N=C(N)Nc1cc(C2CC(OC(=O)NC34CC(C3)C4)CO2)[nH]n1.O=C(O)NC12CC(C1)C2. The molecule has 6 heterocycles. The molecule has 1 saturated heterocycles. The van der Waals surface area contributed by atoms with Gasteiger partial charge in [0.25, 0.3) is 0 Å². The minimum atomic E-state index is -0.867. The highest BCUT2D eigenvalue weighted by Gasteiger charge is 2.58. The first kappa shape index (κ1) is 49.6. The number of fused-ring (bicyclic) bond motifs is 1. The second-order valence-corrected chi connectivity index (χ2v) is 19.7. The maximum Gasteiger partial charge on any atom is 0.407 e. The number of nitrogens with one attached hydrogen (secondary N) is 6. The minimum Gasteiger partial charge on any atom is -0.465 e. The van der Waals surface area contributed by atoms with Gasteiger partial charge in [-0.05, 0) is 67.8 Å². The predicted octanol–water partition coefficient (Wildman–Crippen LogP) is 7.94. The number of aromatic nitrogens is 9. The quantitative estimate of drug-likeness (QED) is 0.0449. The molecule has 2 atom stereocenters. The van der Waals surface area contributed by atoms with Gasteiger partial charge in [-0.15, -0.1) is 0 Å². The van der Waals surface area contributed by atoms with Crippen LogP contribution < -0.4 is 32.7 Å². The standard InChI is InChI=1S/C16H23N7O3.C10H18N2.C9H7ClN6.C6H9NO2.C5H10/c17-1-2-19-14(18)20-13-4-11(22-23-13)12-3-10(8-25-12)26-15(24)21-16-5-9(6-16)7-16;1-8(2)6-12-7-10(5-11-12)9(3)4;10-6-5-13-16-4-3-11-9(8(6)16)14-7-1-2-12-15-7;8-5(9)7-6-1-4(2-6)3-6;1-2-4-5-3-1/h1-2,4,9-10,12H,3,5-8,17H2,(H,21,24)(H4,18,19,20,22,23);5,7-9H,6H2,1-4H3;1-5H,(H2,11,12,14,15);4,7H,1-3H2,(H,8,9);1-5H2/b2-1-;;;;. The van der Waals surface area contributed by atoms with E-state index >= 15 is 0 Å². The minimum absolute atomic E-state index is 0.0190. The van der Waals surface area contributed by atoms with Crippen molar-refractivity contribution in [3.63, 3.8) is 0 Å². The molecule has 2 amide bonds. The molecule has 0 aromatic carbocycles. The lowest BCUT2D eigenvalue weighted by Gasteiger charge is -2.61. The smallest absolute Gasteiger partial charge is 0.407 e. The average molecular weight is 960 g/mol. The predicted molar refractivity (Wildman–Crippen MR) is 259 cm³/mol. The molecule has 8 fully saturated rings. The van der Waals surface area contributed by atoms with Crippen molar-refractivity contribution in [3.8, 4) is 0 Å². The van der Waals surface area contributed by atoms with E-state index in [1.54, 1.807) is 41.4 Å². The molecule has 22 heteroatoms. The van der Waals surface area contributed by atoms with E-state index in [0.29, 0.717) is 41.5 Å². The maximum absolute atomic E-state index is 12.0. The van der Waals surface area contributed by atoms with Gasteiger partial charge in [-0.3, -0.25) is 14.9 Å². The Morgan fingerprint density at radius 3 is 2.26 bits per heavy atom. The Bertz CT molecular complexity index is 2420. The third kappa shape index (κ3) is 13.4. The number of ether oxygens (including phenoxy) is 2. The first-order chi connectivity index (χ1) is 32.7. The van der Waals surface area contributed by atoms with Crippen molar-refractivity contribution >= 4 is 52.7 Å². The molecular formula is C46H67ClN16O5. The first-order valence-electron chi connectivity index (χ1n) is 23.6. The third-order valence-electron chi connectivity index (χ3n) is 12.8. The molecular weight excluding hydrogens is 892 g/mol. The number of amides is 2. The number of nitrogens with zero attached hydrogens (tertiary/aromatic N) is 8. The van der Waals surface area contributed by atoms with Gasteiger partial charge in [-0.2, -0.15) is 20.4 Å². The maximum atomic E-state index is 12.0. The molecule has 4 bridgehead atoms. The zero-order valence-electron chi connectivity index (χ0n) is 39.3. The Kier molecular flexibility index (Phi) is 16.5. The Balaban J connectivity index is 0.000000139. The van der Waals surface area contributed by atoms with Crippen LogP contribution in [-0.2, 0) is 16.0 Å². The zero-order valence-corrected chi connectivity index (χ0v) is 40.1. The Hall–Kier alpha value is -6.35. The highest BCUT2D eigenvalue weighted by atomic mass is 35.5. The fourth-order valence-corrected chi connectivity index (χ4v) is 9.34. The Morgan fingerprint density at radius 2 is 1.71 bits per heavy atom. The van der Waals surface area contributed by atoms with Crippen molar-refractivity contribution in [3.05, 3.63) is 78.0 Å². The van der Waals surface area contributed by atoms with Crippen LogP contribution in [0.25, 0.3) is 5.52 Å². The van der Waals surface area contributed by atoms with Gasteiger partial charge in [0, 0.05) is 67.2 Å². The largest absolute Gasteiger partial charge is 0.465 e. The lowest BCUT2D eigenvalue weighted by Crippen LogP contribution is -2.68. The number of alkyl carbamates (subject to hydrolysis) is 1. The van der Waals surface area contributed by atoms with Gasteiger partial charge in [-0.1, -0.05) is 71.4 Å². The molecule has 13 rings (SSSR count). The summed E-state index contributed by atoms with van der Waals surface area (Å²) in [6.07, 6.45) is 26.3. The summed E-state index contributed by atoms with van der Waals surface area (Å²) in [5.41, 5.74) is 13.8. The number of anilines is 3. The molecule has 7 saturated carbocycles. The summed E-state index contributed by atoms with van der Waals surface area (Å²) in [7, 11) is 0. The van der Waals surface area contributed by atoms with E-state index in [-0.39, 0.29) is 35.3 Å². The number of aromatic amines is 2. The number of guanidine groups is 1. The highest BCUT2D eigenvalue weighted by Crippen LogP contribution is 2.57. The van der Waals surface area contributed by atoms with E-state index in [1.807, 2.05) is 10.9 Å². The second-order valence-electron chi connectivity index (χ2n) is 19.3. The van der Waals surface area contributed by atoms with Gasteiger partial charge in [0.05, 0.1) is 35.9 Å². The number of rotatable bonds is 11. The summed E-state index contributed by atoms with van der Waals surface area (Å²) >= 11 is 6.03. The number of carbonyl (C=O) groups excluding carboxylic acids is 1. The highest BCUT2D eigenvalue weighted by molar-refractivity contribution is 6.34. The molecule has 21 nitrogen and oxygen atoms in total. The van der Waals surface area contributed by atoms with Crippen molar-refractivity contribution < 1.29 is 24.2 Å². The molecule has 1 aliphatic heterocycles. The van der Waals surface area contributed by atoms with E-state index in [9.17, 15) is 9.59 Å². The third-order valence-corrected chi connectivity index (χ3v) is 13.1. The van der Waals surface area contributed by atoms with Crippen LogP contribution in [0.1, 0.15) is 128 Å². The van der Waals surface area contributed by atoms with E-state index in [4.69, 9.17) is 37.6 Å². The van der Waals surface area contributed by atoms with Gasteiger partial charge in [0.15, 0.2) is 17.6 Å². The van der Waals surface area contributed by atoms with E-state index in [2.05, 4.69) is 95.7 Å². The lowest BCUT2D eigenvalue weighted by atomic mass is 9.50. The van der Waals surface area contributed by atoms with Gasteiger partial charge in [0.1, 0.15) is 23.5 Å². The Morgan fingerprint density at radius 1 is 1.01 bits per heavy atom. The number of carboxylic acid groups (broad SMARTS) is 1. The van der Waals surface area contributed by atoms with E-state index in [0.717, 1.165) is 73.9 Å². The second kappa shape index (κ2) is 22.6. The normalized spacial score (nSPS) is 24.8. The van der Waals surface area contributed by atoms with E-state index in [1.165, 1.54) is 50.1 Å². The van der Waals surface area contributed by atoms with Crippen molar-refractivity contribution in [1.82, 2.24) is 55.4 Å². The molecule has 0 radical (unpaired) electrons. The Labute approximate surface area is 401 Å². The molecule has 2 unspecified atom stereocenters. The van der Waals surface area contributed by atoms with Crippen LogP contribution >= 0.6 is 11.6 Å². The van der Waals surface area contributed by atoms with Gasteiger partial charge in [0.2, 0.25) is 0 Å². The van der Waals surface area contributed by atoms with Crippen molar-refractivity contribution in [2.45, 2.75) is 140 Å². The molecule has 68 heavy (non-hydrogen) atoms. The van der Waals surface area contributed by atoms with Crippen LogP contribution in [0.3, 0.4) is 0 Å².